The number of methoxy groups -OCH3 is 1. The van der Waals surface area contributed by atoms with Gasteiger partial charge in [-0.05, 0) is 47.4 Å². The molecule has 2 amide bonds. The van der Waals surface area contributed by atoms with Crippen LogP contribution in [0.5, 0.6) is 5.75 Å². The highest BCUT2D eigenvalue weighted by Gasteiger charge is 2.41. The number of primary amides is 1. The minimum Gasteiger partial charge on any atom is -0.497 e. The van der Waals surface area contributed by atoms with Gasteiger partial charge < -0.3 is 30.3 Å². The Bertz CT molecular complexity index is 1950. The van der Waals surface area contributed by atoms with Crippen molar-refractivity contribution in [1.29, 1.82) is 0 Å². The van der Waals surface area contributed by atoms with Crippen molar-refractivity contribution in [2.75, 3.05) is 7.11 Å². The zero-order chi connectivity index (χ0) is 31.6. The summed E-state index contributed by atoms with van der Waals surface area (Å²) in [6.45, 7) is 4.12. The third-order valence-electron chi connectivity index (χ3n) is 8.90. The third-order valence-corrected chi connectivity index (χ3v) is 8.90. The van der Waals surface area contributed by atoms with Crippen LogP contribution in [0.4, 0.5) is 0 Å². The molecule has 0 aliphatic rings. The normalized spacial score (nSPS) is 13.1. The Morgan fingerprint density at radius 2 is 1.49 bits per heavy atom. The topological polar surface area (TPSA) is 144 Å². The first-order valence-corrected chi connectivity index (χ1v) is 15.0. The van der Waals surface area contributed by atoms with Crippen LogP contribution in [0.25, 0.3) is 21.8 Å². The number of hydrogen-bond donors (Lipinski definition) is 4. The first-order chi connectivity index (χ1) is 21.8. The van der Waals surface area contributed by atoms with E-state index in [1.165, 1.54) is 0 Å². The van der Waals surface area contributed by atoms with Crippen molar-refractivity contribution in [3.63, 3.8) is 0 Å². The Kier molecular flexibility index (Phi) is 8.12. The van der Waals surface area contributed by atoms with Gasteiger partial charge in [-0.15, -0.1) is 10.2 Å². The maximum atomic E-state index is 13.0. The van der Waals surface area contributed by atoms with E-state index in [4.69, 9.17) is 20.7 Å². The standard InChI is InChI=1S/C35H37N7O3/c1-35(2,34(36)44)28(16-23-18-37-29-10-6-4-8-26(23)29)32-40-41-33(42(32)20-22-12-14-25(45-3)15-13-22)31(39-21-43)17-24-19-38-30-11-7-5-9-27(24)30/h4-15,18-19,21,28,31,37-38H,16-17,20H2,1-3H3,(H2,36,44)(H,39,43)/t28-,31+/m0/s1. The number of nitrogens with zero attached hydrogens (tertiary/aromatic N) is 3. The molecule has 45 heavy (non-hydrogen) atoms. The summed E-state index contributed by atoms with van der Waals surface area (Å²) in [5.41, 5.74) is 10.2. The Morgan fingerprint density at radius 3 is 2.07 bits per heavy atom. The van der Waals surface area contributed by atoms with Crippen molar-refractivity contribution in [3.8, 4) is 5.75 Å². The predicted molar refractivity (Wildman–Crippen MR) is 174 cm³/mol. The zero-order valence-electron chi connectivity index (χ0n) is 25.6. The van der Waals surface area contributed by atoms with E-state index < -0.39 is 23.3 Å². The van der Waals surface area contributed by atoms with Gasteiger partial charge in [0.2, 0.25) is 12.3 Å². The molecule has 0 bridgehead atoms. The summed E-state index contributed by atoms with van der Waals surface area (Å²) in [5.74, 6) is 1.08. The van der Waals surface area contributed by atoms with Crippen molar-refractivity contribution in [1.82, 2.24) is 30.0 Å². The molecule has 2 atom stereocenters. The number of amides is 2. The third kappa shape index (κ3) is 5.78. The summed E-state index contributed by atoms with van der Waals surface area (Å²) in [5, 5.41) is 14.6. The highest BCUT2D eigenvalue weighted by atomic mass is 16.5. The van der Waals surface area contributed by atoms with Crippen molar-refractivity contribution < 1.29 is 14.3 Å². The van der Waals surface area contributed by atoms with Crippen LogP contribution < -0.4 is 15.8 Å². The summed E-state index contributed by atoms with van der Waals surface area (Å²) in [4.78, 5) is 31.7. The molecule has 3 aromatic carbocycles. The number of hydrogen-bond acceptors (Lipinski definition) is 5. The van der Waals surface area contributed by atoms with Crippen LogP contribution in [0, 0.1) is 5.41 Å². The molecular weight excluding hydrogens is 566 g/mol. The highest BCUT2D eigenvalue weighted by Crippen LogP contribution is 2.40. The number of fused-ring (bicyclic) bond motifs is 2. The monoisotopic (exact) mass is 603 g/mol. The molecule has 10 nitrogen and oxygen atoms in total. The van der Waals surface area contributed by atoms with Crippen LogP contribution in [0.3, 0.4) is 0 Å². The molecule has 0 aliphatic heterocycles. The second-order valence-corrected chi connectivity index (χ2v) is 12.0. The number of H-pyrrole nitrogens is 2. The molecule has 0 radical (unpaired) electrons. The van der Waals surface area contributed by atoms with Gasteiger partial charge in [-0.3, -0.25) is 9.59 Å². The molecule has 0 spiro atoms. The molecule has 5 N–H and O–H groups in total. The van der Waals surface area contributed by atoms with Gasteiger partial charge in [0.25, 0.3) is 0 Å². The number of aromatic nitrogens is 5. The van der Waals surface area contributed by atoms with Crippen molar-refractivity contribution in [2.24, 2.45) is 11.1 Å². The van der Waals surface area contributed by atoms with E-state index in [0.717, 1.165) is 44.2 Å². The van der Waals surface area contributed by atoms with Gasteiger partial charge >= 0.3 is 0 Å². The van der Waals surface area contributed by atoms with Crippen molar-refractivity contribution in [2.45, 2.75) is 45.2 Å². The van der Waals surface area contributed by atoms with E-state index in [-0.39, 0.29) is 0 Å². The van der Waals surface area contributed by atoms with Gasteiger partial charge in [0.1, 0.15) is 11.6 Å². The fourth-order valence-electron chi connectivity index (χ4n) is 6.11. The van der Waals surface area contributed by atoms with E-state index in [9.17, 15) is 9.59 Å². The van der Waals surface area contributed by atoms with Gasteiger partial charge in [-0.1, -0.05) is 62.4 Å². The van der Waals surface area contributed by atoms with E-state index in [1.807, 2.05) is 91.5 Å². The number of ether oxygens (including phenoxy) is 1. The summed E-state index contributed by atoms with van der Waals surface area (Å²) in [7, 11) is 1.63. The Balaban J connectivity index is 1.48. The molecule has 0 saturated heterocycles. The Hall–Kier alpha value is -5.38. The summed E-state index contributed by atoms with van der Waals surface area (Å²) >= 11 is 0. The lowest BCUT2D eigenvalue weighted by Crippen LogP contribution is -2.39. The average Bonchev–Trinajstić information content (AvgIpc) is 3.77. The molecule has 0 saturated carbocycles. The maximum absolute atomic E-state index is 13.0. The smallest absolute Gasteiger partial charge is 0.223 e. The van der Waals surface area contributed by atoms with Gasteiger partial charge in [-0.25, -0.2) is 0 Å². The van der Waals surface area contributed by atoms with Crippen LogP contribution in [0.1, 0.15) is 54.1 Å². The SMILES string of the molecule is COc1ccc(Cn2c([C@@H](Cc3c[nH]c4ccccc34)NC=O)nnc2[C@H](Cc2c[nH]c3ccccc23)C(C)(C)C(N)=O)cc1. The molecule has 230 valence electrons. The lowest BCUT2D eigenvalue weighted by molar-refractivity contribution is -0.127. The van der Waals surface area contributed by atoms with Crippen molar-refractivity contribution >= 4 is 34.1 Å². The zero-order valence-corrected chi connectivity index (χ0v) is 25.6. The Labute approximate surface area is 261 Å². The molecule has 0 aliphatic carbocycles. The first kappa shape index (κ1) is 29.7. The second-order valence-electron chi connectivity index (χ2n) is 12.0. The van der Waals surface area contributed by atoms with Gasteiger partial charge in [0.05, 0.1) is 25.1 Å². The van der Waals surface area contributed by atoms with Crippen LogP contribution in [-0.4, -0.2) is 44.2 Å². The minimum atomic E-state index is -0.981. The molecule has 10 heteroatoms. The molecule has 3 aromatic heterocycles. The maximum Gasteiger partial charge on any atom is 0.223 e. The average molecular weight is 604 g/mol. The van der Waals surface area contributed by atoms with E-state index >= 15 is 0 Å². The number of aromatic amines is 2. The summed E-state index contributed by atoms with van der Waals surface area (Å²) in [6.07, 6.45) is 5.62. The first-order valence-electron chi connectivity index (χ1n) is 15.0. The van der Waals surface area contributed by atoms with E-state index in [2.05, 4.69) is 27.4 Å². The minimum absolute atomic E-state index is 0.409. The van der Waals surface area contributed by atoms with E-state index in [1.54, 1.807) is 7.11 Å². The van der Waals surface area contributed by atoms with E-state index in [0.29, 0.717) is 37.4 Å². The number of para-hydroxylation sites is 2. The summed E-state index contributed by atoms with van der Waals surface area (Å²) < 4.78 is 7.41. The predicted octanol–water partition coefficient (Wildman–Crippen LogP) is 5.17. The molecular formula is C35H37N7O3. The molecule has 6 rings (SSSR count). The number of carbonyl (C=O) groups is 2. The number of nitrogens with one attached hydrogen (secondary N) is 3. The number of carbonyl (C=O) groups excluding carboxylic acids is 2. The highest BCUT2D eigenvalue weighted by molar-refractivity contribution is 5.84. The van der Waals surface area contributed by atoms with Gasteiger partial charge in [0, 0.05) is 46.5 Å². The Morgan fingerprint density at radius 1 is 0.911 bits per heavy atom. The van der Waals surface area contributed by atoms with Gasteiger partial charge in [-0.2, -0.15) is 0 Å². The quantitative estimate of drug-likeness (QED) is 0.135. The number of nitrogens with two attached hydrogens (primary N) is 1. The van der Waals surface area contributed by atoms with Crippen LogP contribution >= 0.6 is 0 Å². The van der Waals surface area contributed by atoms with Gasteiger partial charge in [0.15, 0.2) is 5.82 Å². The molecule has 0 fully saturated rings. The molecule has 0 unspecified atom stereocenters. The van der Waals surface area contributed by atoms with Crippen LogP contribution in [-0.2, 0) is 29.0 Å². The fourth-order valence-corrected chi connectivity index (χ4v) is 6.11. The van der Waals surface area contributed by atoms with Crippen molar-refractivity contribution in [3.05, 3.63) is 114 Å². The number of rotatable bonds is 13. The number of benzene rings is 3. The van der Waals surface area contributed by atoms with Crippen LogP contribution in [0.15, 0.2) is 85.2 Å². The molecule has 3 heterocycles. The second kappa shape index (κ2) is 12.3. The molecule has 6 aromatic rings. The lowest BCUT2D eigenvalue weighted by Gasteiger charge is -2.31. The largest absolute Gasteiger partial charge is 0.497 e. The lowest BCUT2D eigenvalue weighted by atomic mass is 9.74. The fraction of sp³-hybridized carbons (Fsp3) is 0.257. The van der Waals surface area contributed by atoms with Crippen LogP contribution in [0.2, 0.25) is 0 Å². The summed E-state index contributed by atoms with van der Waals surface area (Å²) in [6, 6.07) is 23.4.